The predicted molar refractivity (Wildman–Crippen MR) is 105 cm³/mol. The van der Waals surface area contributed by atoms with E-state index < -0.39 is 5.91 Å². The summed E-state index contributed by atoms with van der Waals surface area (Å²) in [7, 11) is 0. The van der Waals surface area contributed by atoms with E-state index in [1.165, 1.54) is 6.07 Å². The standard InChI is InChI=1S/C21H18N4O3/c1-14-11-17(15-5-4-8-22-13-15)24-25(14)10-9-23-21(27)20-12-18(26)16-6-2-3-7-19(16)28-20/h2-8,11-13H,9-10H2,1H3,(H,23,27). The average molecular weight is 374 g/mol. The number of hydrogen-bond acceptors (Lipinski definition) is 5. The number of carbonyl (C=O) groups excluding carboxylic acids is 1. The third-order valence-corrected chi connectivity index (χ3v) is 4.41. The van der Waals surface area contributed by atoms with Crippen molar-refractivity contribution in [2.45, 2.75) is 13.5 Å². The van der Waals surface area contributed by atoms with Crippen LogP contribution in [0.25, 0.3) is 22.2 Å². The Morgan fingerprint density at radius 1 is 1.18 bits per heavy atom. The molecule has 0 spiro atoms. The monoisotopic (exact) mass is 374 g/mol. The fourth-order valence-electron chi connectivity index (χ4n) is 2.97. The molecule has 0 bridgehead atoms. The summed E-state index contributed by atoms with van der Waals surface area (Å²) in [6.45, 7) is 2.80. The van der Waals surface area contributed by atoms with Gasteiger partial charge in [-0.3, -0.25) is 19.3 Å². The Morgan fingerprint density at radius 2 is 2.04 bits per heavy atom. The highest BCUT2D eigenvalue weighted by molar-refractivity contribution is 5.93. The number of carbonyl (C=O) groups is 1. The van der Waals surface area contributed by atoms with Crippen molar-refractivity contribution in [1.29, 1.82) is 0 Å². The molecule has 0 aliphatic rings. The molecule has 7 nitrogen and oxygen atoms in total. The van der Waals surface area contributed by atoms with Crippen molar-refractivity contribution in [3.8, 4) is 11.3 Å². The van der Waals surface area contributed by atoms with E-state index in [9.17, 15) is 9.59 Å². The van der Waals surface area contributed by atoms with Crippen molar-refractivity contribution >= 4 is 16.9 Å². The number of nitrogens with zero attached hydrogens (tertiary/aromatic N) is 3. The van der Waals surface area contributed by atoms with Gasteiger partial charge >= 0.3 is 0 Å². The lowest BCUT2D eigenvalue weighted by atomic mass is 10.2. The summed E-state index contributed by atoms with van der Waals surface area (Å²) in [4.78, 5) is 28.6. The van der Waals surface area contributed by atoms with Gasteiger partial charge in [0.2, 0.25) is 0 Å². The SMILES string of the molecule is Cc1cc(-c2cccnc2)nn1CCNC(=O)c1cc(=O)c2ccccc2o1. The van der Waals surface area contributed by atoms with E-state index in [4.69, 9.17) is 4.42 Å². The van der Waals surface area contributed by atoms with E-state index in [0.717, 1.165) is 17.0 Å². The Hall–Kier alpha value is -3.74. The minimum absolute atomic E-state index is 0.00284. The van der Waals surface area contributed by atoms with Gasteiger partial charge in [0.05, 0.1) is 17.6 Å². The second kappa shape index (κ2) is 7.48. The molecular weight excluding hydrogens is 356 g/mol. The number of nitrogens with one attached hydrogen (secondary N) is 1. The van der Waals surface area contributed by atoms with E-state index in [2.05, 4.69) is 15.4 Å². The molecule has 1 aromatic carbocycles. The fourth-order valence-corrected chi connectivity index (χ4v) is 2.97. The van der Waals surface area contributed by atoms with Crippen molar-refractivity contribution in [2.24, 2.45) is 0 Å². The Labute approximate surface area is 160 Å². The van der Waals surface area contributed by atoms with Crippen LogP contribution in [0.2, 0.25) is 0 Å². The third kappa shape index (κ3) is 3.55. The first kappa shape index (κ1) is 17.7. The summed E-state index contributed by atoms with van der Waals surface area (Å²) < 4.78 is 7.37. The molecule has 0 fully saturated rings. The normalized spacial score (nSPS) is 10.9. The number of aryl methyl sites for hydroxylation is 1. The first-order valence-electron chi connectivity index (χ1n) is 8.88. The van der Waals surface area contributed by atoms with Gasteiger partial charge in [0.1, 0.15) is 5.58 Å². The van der Waals surface area contributed by atoms with Crippen LogP contribution in [-0.4, -0.2) is 27.2 Å². The van der Waals surface area contributed by atoms with Gasteiger partial charge in [-0.2, -0.15) is 5.10 Å². The fraction of sp³-hybridized carbons (Fsp3) is 0.143. The van der Waals surface area contributed by atoms with Gasteiger partial charge in [0, 0.05) is 36.3 Å². The van der Waals surface area contributed by atoms with E-state index in [-0.39, 0.29) is 11.2 Å². The second-order valence-electron chi connectivity index (χ2n) is 6.36. The molecule has 0 aliphatic carbocycles. The Balaban J connectivity index is 1.44. The van der Waals surface area contributed by atoms with Crippen molar-refractivity contribution in [3.05, 3.63) is 82.6 Å². The lowest BCUT2D eigenvalue weighted by molar-refractivity contribution is 0.0924. The zero-order chi connectivity index (χ0) is 19.5. The molecule has 0 aliphatic heterocycles. The lowest BCUT2D eigenvalue weighted by Crippen LogP contribution is -2.28. The molecule has 0 radical (unpaired) electrons. The van der Waals surface area contributed by atoms with E-state index in [0.29, 0.717) is 24.1 Å². The lowest BCUT2D eigenvalue weighted by Gasteiger charge is -2.07. The molecule has 1 amide bonds. The summed E-state index contributed by atoms with van der Waals surface area (Å²) in [5, 5.41) is 7.78. The number of aromatic nitrogens is 3. The molecule has 28 heavy (non-hydrogen) atoms. The maximum absolute atomic E-state index is 12.4. The second-order valence-corrected chi connectivity index (χ2v) is 6.36. The van der Waals surface area contributed by atoms with Crippen LogP contribution in [-0.2, 0) is 6.54 Å². The van der Waals surface area contributed by atoms with Crippen molar-refractivity contribution in [3.63, 3.8) is 0 Å². The zero-order valence-corrected chi connectivity index (χ0v) is 15.3. The minimum atomic E-state index is -0.430. The molecule has 0 saturated carbocycles. The van der Waals surface area contributed by atoms with Crippen LogP contribution in [0.15, 0.2) is 70.1 Å². The van der Waals surface area contributed by atoms with E-state index in [1.807, 2.05) is 29.8 Å². The van der Waals surface area contributed by atoms with Gasteiger partial charge in [-0.25, -0.2) is 0 Å². The molecule has 7 heteroatoms. The molecule has 0 unspecified atom stereocenters. The molecule has 4 rings (SSSR count). The van der Waals surface area contributed by atoms with Crippen molar-refractivity contribution in [1.82, 2.24) is 20.1 Å². The maximum atomic E-state index is 12.4. The number of rotatable bonds is 5. The summed E-state index contributed by atoms with van der Waals surface area (Å²) in [5.74, 6) is -0.433. The van der Waals surface area contributed by atoms with Gasteiger partial charge in [0.25, 0.3) is 5.91 Å². The highest BCUT2D eigenvalue weighted by Crippen LogP contribution is 2.17. The molecule has 0 saturated heterocycles. The molecular formula is C21H18N4O3. The van der Waals surface area contributed by atoms with Gasteiger partial charge in [0.15, 0.2) is 11.2 Å². The summed E-state index contributed by atoms with van der Waals surface area (Å²) in [6, 6.07) is 13.9. The Bertz CT molecular complexity index is 1200. The van der Waals surface area contributed by atoms with Crippen LogP contribution in [0.4, 0.5) is 0 Å². The molecule has 3 aromatic heterocycles. The highest BCUT2D eigenvalue weighted by atomic mass is 16.3. The van der Waals surface area contributed by atoms with Crippen LogP contribution in [0.1, 0.15) is 16.2 Å². The molecule has 1 N–H and O–H groups in total. The Morgan fingerprint density at radius 3 is 2.86 bits per heavy atom. The first-order chi connectivity index (χ1) is 13.6. The number of benzene rings is 1. The molecule has 4 aromatic rings. The minimum Gasteiger partial charge on any atom is -0.451 e. The van der Waals surface area contributed by atoms with E-state index >= 15 is 0 Å². The summed E-state index contributed by atoms with van der Waals surface area (Å²) in [6.07, 6.45) is 3.48. The van der Waals surface area contributed by atoms with Crippen LogP contribution < -0.4 is 10.7 Å². The number of amides is 1. The van der Waals surface area contributed by atoms with Crippen LogP contribution >= 0.6 is 0 Å². The largest absolute Gasteiger partial charge is 0.451 e. The predicted octanol–water partition coefficient (Wildman–Crippen LogP) is 2.79. The van der Waals surface area contributed by atoms with Gasteiger partial charge < -0.3 is 9.73 Å². The number of pyridine rings is 1. The van der Waals surface area contributed by atoms with Crippen LogP contribution in [0, 0.1) is 6.92 Å². The van der Waals surface area contributed by atoms with Crippen LogP contribution in [0.5, 0.6) is 0 Å². The van der Waals surface area contributed by atoms with Crippen molar-refractivity contribution < 1.29 is 9.21 Å². The Kier molecular flexibility index (Phi) is 4.72. The topological polar surface area (TPSA) is 90.0 Å². The molecule has 0 atom stereocenters. The van der Waals surface area contributed by atoms with Crippen LogP contribution in [0.3, 0.4) is 0 Å². The zero-order valence-electron chi connectivity index (χ0n) is 15.3. The number of fused-ring (bicyclic) bond motifs is 1. The number of hydrogen-bond donors (Lipinski definition) is 1. The van der Waals surface area contributed by atoms with Gasteiger partial charge in [-0.15, -0.1) is 0 Å². The highest BCUT2D eigenvalue weighted by Gasteiger charge is 2.12. The summed E-state index contributed by atoms with van der Waals surface area (Å²) >= 11 is 0. The molecule has 3 heterocycles. The number of para-hydroxylation sites is 1. The smallest absolute Gasteiger partial charge is 0.287 e. The van der Waals surface area contributed by atoms with Crippen molar-refractivity contribution in [2.75, 3.05) is 6.54 Å². The third-order valence-electron chi connectivity index (χ3n) is 4.41. The van der Waals surface area contributed by atoms with Gasteiger partial charge in [-0.05, 0) is 37.3 Å². The average Bonchev–Trinajstić information content (AvgIpc) is 3.09. The first-order valence-corrected chi connectivity index (χ1v) is 8.88. The molecule has 140 valence electrons. The quantitative estimate of drug-likeness (QED) is 0.580. The maximum Gasteiger partial charge on any atom is 0.287 e. The van der Waals surface area contributed by atoms with Gasteiger partial charge in [-0.1, -0.05) is 12.1 Å². The van der Waals surface area contributed by atoms with E-state index in [1.54, 1.807) is 36.7 Å². The summed E-state index contributed by atoms with van der Waals surface area (Å²) in [5.41, 5.74) is 2.90.